The van der Waals surface area contributed by atoms with Crippen LogP contribution in [0.3, 0.4) is 0 Å². The summed E-state index contributed by atoms with van der Waals surface area (Å²) in [4.78, 5) is 7.30. The first kappa shape index (κ1) is 13.4. The van der Waals surface area contributed by atoms with Gasteiger partial charge in [0.25, 0.3) is 0 Å². The minimum absolute atomic E-state index is 0.00720. The Kier molecular flexibility index (Phi) is 4.01. The molecule has 0 aliphatic heterocycles. The van der Waals surface area contributed by atoms with E-state index >= 15 is 0 Å². The Bertz CT molecular complexity index is 595. The standard InChI is InChI=1S/C12H11ClFN3O2/c1-18-9-4-3-7(5-10(9)19-2)16-11-8(14)6-15-12(13)17-11/h3-6H,1-2H3,(H,15,16,17). The molecular weight excluding hydrogens is 273 g/mol. The van der Waals surface area contributed by atoms with Crippen molar-refractivity contribution >= 4 is 23.1 Å². The third kappa shape index (κ3) is 3.03. The predicted molar refractivity (Wildman–Crippen MR) is 69.8 cm³/mol. The molecule has 1 heterocycles. The number of nitrogens with one attached hydrogen (secondary N) is 1. The first-order chi connectivity index (χ1) is 9.13. The second-order valence-electron chi connectivity index (χ2n) is 3.53. The van der Waals surface area contributed by atoms with Gasteiger partial charge in [-0.25, -0.2) is 9.37 Å². The van der Waals surface area contributed by atoms with Crippen molar-refractivity contribution in [1.82, 2.24) is 9.97 Å². The van der Waals surface area contributed by atoms with Gasteiger partial charge in [-0.05, 0) is 23.7 Å². The highest BCUT2D eigenvalue weighted by molar-refractivity contribution is 6.28. The summed E-state index contributed by atoms with van der Waals surface area (Å²) in [5, 5.41) is 2.76. The van der Waals surface area contributed by atoms with E-state index in [1.807, 2.05) is 0 Å². The fourth-order valence-corrected chi connectivity index (χ4v) is 1.62. The Morgan fingerprint density at radius 3 is 2.63 bits per heavy atom. The van der Waals surface area contributed by atoms with Crippen molar-refractivity contribution in [2.24, 2.45) is 0 Å². The number of methoxy groups -OCH3 is 2. The minimum atomic E-state index is -0.598. The van der Waals surface area contributed by atoms with Crippen LogP contribution in [0.15, 0.2) is 24.4 Å². The van der Waals surface area contributed by atoms with Gasteiger partial charge in [0.05, 0.1) is 20.4 Å². The van der Waals surface area contributed by atoms with Crippen LogP contribution >= 0.6 is 11.6 Å². The largest absolute Gasteiger partial charge is 0.493 e. The van der Waals surface area contributed by atoms with Crippen LogP contribution in [-0.2, 0) is 0 Å². The average molecular weight is 284 g/mol. The molecule has 19 heavy (non-hydrogen) atoms. The van der Waals surface area contributed by atoms with E-state index in [0.29, 0.717) is 17.2 Å². The number of anilines is 2. The molecular formula is C12H11ClFN3O2. The van der Waals surface area contributed by atoms with Crippen LogP contribution in [0.4, 0.5) is 15.9 Å². The van der Waals surface area contributed by atoms with Gasteiger partial charge in [0, 0.05) is 11.8 Å². The highest BCUT2D eigenvalue weighted by Crippen LogP contribution is 2.31. The average Bonchev–Trinajstić information content (AvgIpc) is 2.42. The lowest BCUT2D eigenvalue weighted by Crippen LogP contribution is -1.99. The first-order valence-corrected chi connectivity index (χ1v) is 5.69. The highest BCUT2D eigenvalue weighted by Gasteiger charge is 2.09. The van der Waals surface area contributed by atoms with Crippen molar-refractivity contribution in [3.8, 4) is 11.5 Å². The van der Waals surface area contributed by atoms with E-state index in [4.69, 9.17) is 21.1 Å². The maximum absolute atomic E-state index is 13.5. The Morgan fingerprint density at radius 1 is 1.21 bits per heavy atom. The van der Waals surface area contributed by atoms with E-state index in [1.54, 1.807) is 18.2 Å². The van der Waals surface area contributed by atoms with Gasteiger partial charge in [0.15, 0.2) is 23.1 Å². The Labute approximate surface area is 114 Å². The predicted octanol–water partition coefficient (Wildman–Crippen LogP) is 3.03. The maximum Gasteiger partial charge on any atom is 0.224 e. The number of hydrogen-bond donors (Lipinski definition) is 1. The van der Waals surface area contributed by atoms with Gasteiger partial charge in [-0.1, -0.05) is 0 Å². The fourth-order valence-electron chi connectivity index (χ4n) is 1.48. The summed E-state index contributed by atoms with van der Waals surface area (Å²) in [7, 11) is 3.05. The van der Waals surface area contributed by atoms with Gasteiger partial charge in [-0.2, -0.15) is 4.98 Å². The van der Waals surface area contributed by atoms with Crippen molar-refractivity contribution < 1.29 is 13.9 Å². The molecule has 1 aromatic carbocycles. The molecule has 0 spiro atoms. The van der Waals surface area contributed by atoms with Crippen molar-refractivity contribution in [2.75, 3.05) is 19.5 Å². The highest BCUT2D eigenvalue weighted by atomic mass is 35.5. The second kappa shape index (κ2) is 5.71. The summed E-state index contributed by atoms with van der Waals surface area (Å²) >= 11 is 5.62. The van der Waals surface area contributed by atoms with Gasteiger partial charge >= 0.3 is 0 Å². The molecule has 5 nitrogen and oxygen atoms in total. The SMILES string of the molecule is COc1ccc(Nc2nc(Cl)ncc2F)cc1OC. The molecule has 100 valence electrons. The molecule has 1 aromatic heterocycles. The van der Waals surface area contributed by atoms with E-state index < -0.39 is 5.82 Å². The molecule has 7 heteroatoms. The molecule has 2 aromatic rings. The first-order valence-electron chi connectivity index (χ1n) is 5.31. The monoisotopic (exact) mass is 283 g/mol. The zero-order chi connectivity index (χ0) is 13.8. The summed E-state index contributed by atoms with van der Waals surface area (Å²) in [5.41, 5.74) is 0.589. The fraction of sp³-hybridized carbons (Fsp3) is 0.167. The van der Waals surface area contributed by atoms with E-state index in [-0.39, 0.29) is 11.1 Å². The van der Waals surface area contributed by atoms with Gasteiger partial charge < -0.3 is 14.8 Å². The zero-order valence-corrected chi connectivity index (χ0v) is 11.0. The molecule has 0 aliphatic rings. The summed E-state index contributed by atoms with van der Waals surface area (Å²) in [5.74, 6) is 0.494. The lowest BCUT2D eigenvalue weighted by Gasteiger charge is -2.11. The molecule has 0 saturated heterocycles. The lowest BCUT2D eigenvalue weighted by molar-refractivity contribution is 0.355. The Morgan fingerprint density at radius 2 is 1.95 bits per heavy atom. The molecule has 0 saturated carbocycles. The Hall–Kier alpha value is -2.08. The maximum atomic E-state index is 13.5. The molecule has 2 rings (SSSR count). The van der Waals surface area contributed by atoms with Crippen molar-refractivity contribution in [3.63, 3.8) is 0 Å². The second-order valence-corrected chi connectivity index (χ2v) is 3.87. The van der Waals surface area contributed by atoms with Crippen molar-refractivity contribution in [1.29, 1.82) is 0 Å². The van der Waals surface area contributed by atoms with Gasteiger partial charge in [0.1, 0.15) is 0 Å². The third-order valence-electron chi connectivity index (χ3n) is 2.36. The van der Waals surface area contributed by atoms with E-state index in [0.717, 1.165) is 6.20 Å². The molecule has 0 unspecified atom stereocenters. The molecule has 0 fully saturated rings. The lowest BCUT2D eigenvalue weighted by atomic mass is 10.2. The zero-order valence-electron chi connectivity index (χ0n) is 10.3. The normalized spacial score (nSPS) is 10.1. The molecule has 0 radical (unpaired) electrons. The van der Waals surface area contributed by atoms with Crippen LogP contribution in [0.2, 0.25) is 5.28 Å². The summed E-state index contributed by atoms with van der Waals surface area (Å²) in [6.07, 6.45) is 0.998. The van der Waals surface area contributed by atoms with Crippen LogP contribution in [0.25, 0.3) is 0 Å². The molecule has 0 aliphatic carbocycles. The molecule has 1 N–H and O–H groups in total. The van der Waals surface area contributed by atoms with E-state index in [2.05, 4.69) is 15.3 Å². The number of rotatable bonds is 4. The third-order valence-corrected chi connectivity index (χ3v) is 2.54. The molecule has 0 amide bonds. The van der Waals surface area contributed by atoms with Gasteiger partial charge in [0.2, 0.25) is 5.28 Å². The van der Waals surface area contributed by atoms with Crippen LogP contribution in [0.1, 0.15) is 0 Å². The summed E-state index contributed by atoms with van der Waals surface area (Å²) in [6.45, 7) is 0. The minimum Gasteiger partial charge on any atom is -0.493 e. The van der Waals surface area contributed by atoms with Gasteiger partial charge in [-0.15, -0.1) is 0 Å². The number of ether oxygens (including phenoxy) is 2. The molecule has 0 atom stereocenters. The Balaban J connectivity index is 2.30. The number of nitrogens with zero attached hydrogens (tertiary/aromatic N) is 2. The number of hydrogen-bond acceptors (Lipinski definition) is 5. The summed E-state index contributed by atoms with van der Waals surface area (Å²) < 4.78 is 23.7. The van der Waals surface area contributed by atoms with Crippen LogP contribution in [0, 0.1) is 5.82 Å². The summed E-state index contributed by atoms with van der Waals surface area (Å²) in [6, 6.07) is 5.06. The van der Waals surface area contributed by atoms with Crippen LogP contribution in [0.5, 0.6) is 11.5 Å². The smallest absolute Gasteiger partial charge is 0.224 e. The van der Waals surface area contributed by atoms with Crippen molar-refractivity contribution in [2.45, 2.75) is 0 Å². The van der Waals surface area contributed by atoms with Crippen molar-refractivity contribution in [3.05, 3.63) is 35.5 Å². The van der Waals surface area contributed by atoms with E-state index in [9.17, 15) is 4.39 Å². The number of halogens is 2. The van der Waals surface area contributed by atoms with Crippen LogP contribution in [-0.4, -0.2) is 24.2 Å². The van der Waals surface area contributed by atoms with Gasteiger partial charge in [-0.3, -0.25) is 0 Å². The molecule has 0 bridgehead atoms. The topological polar surface area (TPSA) is 56.3 Å². The number of benzene rings is 1. The quantitative estimate of drug-likeness (QED) is 0.874. The van der Waals surface area contributed by atoms with E-state index in [1.165, 1.54) is 14.2 Å². The number of aromatic nitrogens is 2. The van der Waals surface area contributed by atoms with Crippen LogP contribution < -0.4 is 14.8 Å².